The molecular formula is C14H18BrN3O. The van der Waals surface area contributed by atoms with Crippen molar-refractivity contribution >= 4 is 21.8 Å². The van der Waals surface area contributed by atoms with Crippen molar-refractivity contribution in [2.24, 2.45) is 4.99 Å². The topological polar surface area (TPSA) is 36.9 Å². The van der Waals surface area contributed by atoms with Crippen LogP contribution in [0.4, 0.5) is 0 Å². The van der Waals surface area contributed by atoms with Gasteiger partial charge >= 0.3 is 0 Å². The number of nitrogens with one attached hydrogen (secondary N) is 1. The SMILES string of the molecule is Brc1ccccc1[C@H]1N=C(CN2CCCCC2)ON1. The van der Waals surface area contributed by atoms with Crippen LogP contribution in [0, 0.1) is 0 Å². The lowest BCUT2D eigenvalue weighted by atomic mass is 10.1. The van der Waals surface area contributed by atoms with Crippen molar-refractivity contribution in [3.63, 3.8) is 0 Å². The van der Waals surface area contributed by atoms with Crippen LogP contribution in [-0.2, 0) is 4.84 Å². The van der Waals surface area contributed by atoms with Crippen molar-refractivity contribution in [3.05, 3.63) is 34.3 Å². The molecule has 3 rings (SSSR count). The zero-order valence-corrected chi connectivity index (χ0v) is 12.4. The minimum atomic E-state index is -0.102. The summed E-state index contributed by atoms with van der Waals surface area (Å²) in [6, 6.07) is 8.09. The molecule has 1 saturated heterocycles. The van der Waals surface area contributed by atoms with Gasteiger partial charge in [-0.2, -0.15) is 0 Å². The van der Waals surface area contributed by atoms with Crippen molar-refractivity contribution < 1.29 is 4.84 Å². The van der Waals surface area contributed by atoms with E-state index in [1.165, 1.54) is 19.3 Å². The first-order valence-corrected chi connectivity index (χ1v) is 7.58. The largest absolute Gasteiger partial charge is 0.390 e. The molecular weight excluding hydrogens is 306 g/mol. The van der Waals surface area contributed by atoms with E-state index >= 15 is 0 Å². The fourth-order valence-corrected chi connectivity index (χ4v) is 3.03. The molecule has 1 N–H and O–H groups in total. The Kier molecular flexibility index (Phi) is 4.15. The molecule has 0 radical (unpaired) electrons. The van der Waals surface area contributed by atoms with Gasteiger partial charge in [0.2, 0.25) is 5.90 Å². The van der Waals surface area contributed by atoms with E-state index in [-0.39, 0.29) is 6.17 Å². The van der Waals surface area contributed by atoms with Gasteiger partial charge in [0.1, 0.15) is 0 Å². The van der Waals surface area contributed by atoms with Crippen LogP contribution in [0.25, 0.3) is 0 Å². The molecule has 4 nitrogen and oxygen atoms in total. The van der Waals surface area contributed by atoms with Crippen LogP contribution in [0.1, 0.15) is 31.0 Å². The molecule has 19 heavy (non-hydrogen) atoms. The zero-order chi connectivity index (χ0) is 13.1. The van der Waals surface area contributed by atoms with Crippen LogP contribution < -0.4 is 5.48 Å². The van der Waals surface area contributed by atoms with Crippen molar-refractivity contribution in [2.75, 3.05) is 19.6 Å². The van der Waals surface area contributed by atoms with Gasteiger partial charge in [0.25, 0.3) is 0 Å². The Hall–Kier alpha value is -0.910. The molecule has 0 unspecified atom stereocenters. The predicted octanol–water partition coefficient (Wildman–Crippen LogP) is 2.87. The molecule has 1 aromatic carbocycles. The minimum absolute atomic E-state index is 0.102. The summed E-state index contributed by atoms with van der Waals surface area (Å²) in [4.78, 5) is 12.5. The van der Waals surface area contributed by atoms with E-state index in [4.69, 9.17) is 4.84 Å². The van der Waals surface area contributed by atoms with Gasteiger partial charge in [0.05, 0.1) is 6.54 Å². The molecule has 0 saturated carbocycles. The molecule has 0 aromatic heterocycles. The summed E-state index contributed by atoms with van der Waals surface area (Å²) < 4.78 is 1.05. The second kappa shape index (κ2) is 6.03. The van der Waals surface area contributed by atoms with E-state index in [0.29, 0.717) is 0 Å². The summed E-state index contributed by atoms with van der Waals surface area (Å²) in [5, 5.41) is 0. The van der Waals surface area contributed by atoms with E-state index in [9.17, 15) is 0 Å². The maximum absolute atomic E-state index is 5.52. The van der Waals surface area contributed by atoms with Crippen LogP contribution in [-0.4, -0.2) is 30.4 Å². The average Bonchev–Trinajstić information content (AvgIpc) is 2.89. The number of rotatable bonds is 3. The molecule has 2 aliphatic heterocycles. The molecule has 0 bridgehead atoms. The van der Waals surface area contributed by atoms with Gasteiger partial charge in [-0.15, -0.1) is 5.48 Å². The quantitative estimate of drug-likeness (QED) is 0.929. The third kappa shape index (κ3) is 3.16. The monoisotopic (exact) mass is 323 g/mol. The van der Waals surface area contributed by atoms with Gasteiger partial charge in [-0.1, -0.05) is 40.5 Å². The molecule has 1 fully saturated rings. The Morgan fingerprint density at radius 1 is 1.26 bits per heavy atom. The number of nitrogens with zero attached hydrogens (tertiary/aromatic N) is 2. The molecule has 0 amide bonds. The Labute approximate surface area is 121 Å². The fraction of sp³-hybridized carbons (Fsp3) is 0.500. The van der Waals surface area contributed by atoms with E-state index < -0.39 is 0 Å². The lowest BCUT2D eigenvalue weighted by molar-refractivity contribution is 0.162. The van der Waals surface area contributed by atoms with E-state index in [1.807, 2.05) is 18.2 Å². The molecule has 1 atom stereocenters. The van der Waals surface area contributed by atoms with Crippen LogP contribution in [0.5, 0.6) is 0 Å². The van der Waals surface area contributed by atoms with Crippen LogP contribution in [0.15, 0.2) is 33.7 Å². The third-order valence-electron chi connectivity index (χ3n) is 3.57. The van der Waals surface area contributed by atoms with Gasteiger partial charge < -0.3 is 4.84 Å². The summed E-state index contributed by atoms with van der Waals surface area (Å²) >= 11 is 3.55. The standard InChI is InChI=1S/C14H18BrN3O/c15-12-7-3-2-6-11(12)14-16-13(19-17-14)10-18-8-4-1-5-9-18/h2-3,6-7,14,17H,1,4-5,8-10H2/t14-/m0/s1. The number of piperidine rings is 1. The maximum atomic E-state index is 5.52. The molecule has 102 valence electrons. The van der Waals surface area contributed by atoms with Gasteiger partial charge in [0, 0.05) is 10.0 Å². The summed E-state index contributed by atoms with van der Waals surface area (Å²) in [6.45, 7) is 3.12. The zero-order valence-electron chi connectivity index (χ0n) is 10.8. The smallest absolute Gasteiger partial charge is 0.225 e. The average molecular weight is 324 g/mol. The highest BCUT2D eigenvalue weighted by Crippen LogP contribution is 2.26. The third-order valence-corrected chi connectivity index (χ3v) is 4.29. The van der Waals surface area contributed by atoms with Crippen LogP contribution in [0.3, 0.4) is 0 Å². The van der Waals surface area contributed by atoms with Gasteiger partial charge in [-0.05, 0) is 32.0 Å². The van der Waals surface area contributed by atoms with E-state index in [0.717, 1.165) is 35.6 Å². The lowest BCUT2D eigenvalue weighted by Crippen LogP contribution is -2.35. The second-order valence-electron chi connectivity index (χ2n) is 5.00. The van der Waals surface area contributed by atoms with Crippen LogP contribution in [0.2, 0.25) is 0 Å². The fourth-order valence-electron chi connectivity index (χ4n) is 2.53. The molecule has 0 aliphatic carbocycles. The number of benzene rings is 1. The Balaban J connectivity index is 1.65. The first kappa shape index (κ1) is 13.1. The highest BCUT2D eigenvalue weighted by molar-refractivity contribution is 9.10. The highest BCUT2D eigenvalue weighted by atomic mass is 79.9. The van der Waals surface area contributed by atoms with Gasteiger partial charge in [-0.3, -0.25) is 4.90 Å². The van der Waals surface area contributed by atoms with Crippen molar-refractivity contribution in [1.29, 1.82) is 0 Å². The number of likely N-dealkylation sites (tertiary alicyclic amines) is 1. The highest BCUT2D eigenvalue weighted by Gasteiger charge is 2.23. The Morgan fingerprint density at radius 3 is 2.84 bits per heavy atom. The number of hydrogen-bond acceptors (Lipinski definition) is 4. The van der Waals surface area contributed by atoms with Crippen molar-refractivity contribution in [2.45, 2.75) is 25.4 Å². The molecule has 2 heterocycles. The summed E-state index contributed by atoms with van der Waals surface area (Å²) in [7, 11) is 0. The molecule has 2 aliphatic rings. The first-order valence-electron chi connectivity index (χ1n) is 6.79. The summed E-state index contributed by atoms with van der Waals surface area (Å²) in [6.07, 6.45) is 3.82. The Bertz CT molecular complexity index is 472. The number of hydroxylamine groups is 1. The van der Waals surface area contributed by atoms with E-state index in [2.05, 4.69) is 37.4 Å². The number of aliphatic imine (C=N–C) groups is 1. The molecule has 1 aromatic rings. The lowest BCUT2D eigenvalue weighted by Gasteiger charge is -2.25. The number of hydrogen-bond donors (Lipinski definition) is 1. The van der Waals surface area contributed by atoms with Gasteiger partial charge in [-0.25, -0.2) is 4.99 Å². The van der Waals surface area contributed by atoms with Gasteiger partial charge in [0.15, 0.2) is 6.17 Å². The first-order chi connectivity index (χ1) is 9.33. The predicted molar refractivity (Wildman–Crippen MR) is 78.8 cm³/mol. The Morgan fingerprint density at radius 2 is 2.05 bits per heavy atom. The normalized spacial score (nSPS) is 24.1. The molecule has 0 spiro atoms. The second-order valence-corrected chi connectivity index (χ2v) is 5.86. The van der Waals surface area contributed by atoms with Crippen molar-refractivity contribution in [1.82, 2.24) is 10.4 Å². The summed E-state index contributed by atoms with van der Waals surface area (Å²) in [5.74, 6) is 0.794. The van der Waals surface area contributed by atoms with Crippen LogP contribution >= 0.6 is 15.9 Å². The molecule has 5 heteroatoms. The summed E-state index contributed by atoms with van der Waals surface area (Å²) in [5.41, 5.74) is 4.10. The van der Waals surface area contributed by atoms with Crippen molar-refractivity contribution in [3.8, 4) is 0 Å². The number of halogens is 1. The minimum Gasteiger partial charge on any atom is -0.390 e. The maximum Gasteiger partial charge on any atom is 0.225 e. The van der Waals surface area contributed by atoms with E-state index in [1.54, 1.807) is 0 Å².